The maximum absolute atomic E-state index is 3.76. The summed E-state index contributed by atoms with van der Waals surface area (Å²) in [5, 5.41) is 0. The molecule has 0 aliphatic rings. The van der Waals surface area contributed by atoms with Gasteiger partial charge in [0.2, 0.25) is 0 Å². The van der Waals surface area contributed by atoms with Crippen molar-refractivity contribution < 1.29 is 0 Å². The SMILES string of the molecule is C.C.C=C/C=C(/C)C(=C)C.CC. The van der Waals surface area contributed by atoms with Crippen LogP contribution in [0, 0.1) is 0 Å². The quantitative estimate of drug-likeness (QED) is 0.512. The standard InChI is InChI=1S/C8H12.C2H6.2CH4/c1-5-6-8(4)7(2)3;1-2;;/h5-6H,1-2H2,3-4H3;1-2H3;2*1H4/b8-6-;;;. The van der Waals surface area contributed by atoms with Crippen LogP contribution in [0.3, 0.4) is 0 Å². The molecule has 0 atom stereocenters. The fourth-order valence-corrected chi connectivity index (χ4v) is 0.319. The summed E-state index contributed by atoms with van der Waals surface area (Å²) < 4.78 is 0. The molecule has 0 fully saturated rings. The number of hydrogen-bond donors (Lipinski definition) is 0. The highest BCUT2D eigenvalue weighted by atomic mass is 13.9. The lowest BCUT2D eigenvalue weighted by molar-refractivity contribution is 1.37. The largest absolute Gasteiger partial charge is 0.0991 e. The summed E-state index contributed by atoms with van der Waals surface area (Å²) in [7, 11) is 0. The van der Waals surface area contributed by atoms with Gasteiger partial charge < -0.3 is 0 Å². The molecule has 0 aromatic carbocycles. The first-order chi connectivity index (χ1) is 4.68. The van der Waals surface area contributed by atoms with Gasteiger partial charge in [-0.25, -0.2) is 0 Å². The normalized spacial score (nSPS) is 7.83. The lowest BCUT2D eigenvalue weighted by atomic mass is 10.1. The Morgan fingerprint density at radius 2 is 1.42 bits per heavy atom. The first-order valence-electron chi connectivity index (χ1n) is 3.63. The molecule has 0 heterocycles. The highest BCUT2D eigenvalue weighted by molar-refractivity contribution is 5.26. The van der Waals surface area contributed by atoms with E-state index in [1.165, 1.54) is 5.57 Å². The maximum Gasteiger partial charge on any atom is -0.0395 e. The molecule has 0 saturated carbocycles. The van der Waals surface area contributed by atoms with E-state index in [4.69, 9.17) is 0 Å². The molecule has 12 heavy (non-hydrogen) atoms. The average Bonchev–Trinajstić information content (AvgIpc) is 1.93. The van der Waals surface area contributed by atoms with Gasteiger partial charge in [-0.2, -0.15) is 0 Å². The van der Waals surface area contributed by atoms with Gasteiger partial charge in [-0.3, -0.25) is 0 Å². The average molecular weight is 170 g/mol. The molecule has 0 unspecified atom stereocenters. The lowest BCUT2D eigenvalue weighted by Gasteiger charge is -1.92. The first-order valence-corrected chi connectivity index (χ1v) is 3.63. The Morgan fingerprint density at radius 1 is 1.08 bits per heavy atom. The van der Waals surface area contributed by atoms with Crippen molar-refractivity contribution in [2.45, 2.75) is 42.5 Å². The van der Waals surface area contributed by atoms with Gasteiger partial charge in [0, 0.05) is 0 Å². The van der Waals surface area contributed by atoms with Gasteiger partial charge in [0.15, 0.2) is 0 Å². The number of allylic oxidation sites excluding steroid dienone is 4. The summed E-state index contributed by atoms with van der Waals surface area (Å²) in [6.45, 7) is 15.3. The van der Waals surface area contributed by atoms with Crippen LogP contribution in [0.5, 0.6) is 0 Å². The molecule has 0 amide bonds. The van der Waals surface area contributed by atoms with Gasteiger partial charge >= 0.3 is 0 Å². The third-order valence-corrected chi connectivity index (χ3v) is 1.04. The van der Waals surface area contributed by atoms with Crippen LogP contribution in [0.15, 0.2) is 36.5 Å². The van der Waals surface area contributed by atoms with E-state index in [1.807, 2.05) is 33.8 Å². The summed E-state index contributed by atoms with van der Waals surface area (Å²) in [5.41, 5.74) is 2.30. The van der Waals surface area contributed by atoms with Crippen LogP contribution in [-0.4, -0.2) is 0 Å². The van der Waals surface area contributed by atoms with E-state index in [0.717, 1.165) is 5.57 Å². The van der Waals surface area contributed by atoms with Crippen LogP contribution >= 0.6 is 0 Å². The molecule has 0 nitrogen and oxygen atoms in total. The maximum atomic E-state index is 3.76. The minimum atomic E-state index is 0. The van der Waals surface area contributed by atoms with E-state index in [2.05, 4.69) is 13.2 Å². The second-order valence-electron chi connectivity index (χ2n) is 1.87. The highest BCUT2D eigenvalue weighted by Crippen LogP contribution is 2.03. The summed E-state index contributed by atoms with van der Waals surface area (Å²) in [6, 6.07) is 0. The Labute approximate surface area is 79.7 Å². The molecule has 0 heteroatoms. The van der Waals surface area contributed by atoms with E-state index < -0.39 is 0 Å². The Hall–Kier alpha value is -0.780. The van der Waals surface area contributed by atoms with Gasteiger partial charge in [0.25, 0.3) is 0 Å². The molecule has 0 aliphatic carbocycles. The molecular formula is C12H26. The van der Waals surface area contributed by atoms with Gasteiger partial charge in [-0.05, 0) is 19.4 Å². The highest BCUT2D eigenvalue weighted by Gasteiger charge is 1.82. The number of rotatable bonds is 2. The number of hydrogen-bond acceptors (Lipinski definition) is 0. The fourth-order valence-electron chi connectivity index (χ4n) is 0.319. The van der Waals surface area contributed by atoms with Crippen molar-refractivity contribution in [3.63, 3.8) is 0 Å². The van der Waals surface area contributed by atoms with E-state index in [0.29, 0.717) is 0 Å². The molecule has 0 bridgehead atoms. The van der Waals surface area contributed by atoms with E-state index in [-0.39, 0.29) is 14.9 Å². The third-order valence-electron chi connectivity index (χ3n) is 1.04. The van der Waals surface area contributed by atoms with Crippen molar-refractivity contribution >= 4 is 0 Å². The Balaban J connectivity index is -0.0000000740. The van der Waals surface area contributed by atoms with Gasteiger partial charge in [-0.1, -0.05) is 59.6 Å². The Bertz CT molecular complexity index is 127. The zero-order valence-electron chi connectivity index (χ0n) is 7.57. The van der Waals surface area contributed by atoms with Crippen molar-refractivity contribution in [2.24, 2.45) is 0 Å². The lowest BCUT2D eigenvalue weighted by Crippen LogP contribution is -1.72. The predicted molar refractivity (Wildman–Crippen MR) is 63.6 cm³/mol. The molecule has 0 aliphatic heterocycles. The third kappa shape index (κ3) is 16.1. The molecule has 0 saturated heterocycles. The summed E-state index contributed by atoms with van der Waals surface area (Å²) in [6.07, 6.45) is 3.71. The van der Waals surface area contributed by atoms with Crippen molar-refractivity contribution in [1.82, 2.24) is 0 Å². The van der Waals surface area contributed by atoms with Crippen molar-refractivity contribution in [3.05, 3.63) is 36.5 Å². The summed E-state index contributed by atoms with van der Waals surface area (Å²) in [5.74, 6) is 0. The van der Waals surface area contributed by atoms with Crippen LogP contribution in [-0.2, 0) is 0 Å². The van der Waals surface area contributed by atoms with Crippen LogP contribution in [0.25, 0.3) is 0 Å². The van der Waals surface area contributed by atoms with Crippen molar-refractivity contribution in [3.8, 4) is 0 Å². The molecule has 0 rings (SSSR count). The molecule has 74 valence electrons. The van der Waals surface area contributed by atoms with Crippen LogP contribution < -0.4 is 0 Å². The van der Waals surface area contributed by atoms with Gasteiger partial charge in [-0.15, -0.1) is 0 Å². The van der Waals surface area contributed by atoms with Gasteiger partial charge in [0.1, 0.15) is 0 Å². The first kappa shape index (κ1) is 22.5. The van der Waals surface area contributed by atoms with Crippen LogP contribution in [0.2, 0.25) is 0 Å². The van der Waals surface area contributed by atoms with E-state index in [9.17, 15) is 0 Å². The fraction of sp³-hybridized carbons (Fsp3) is 0.500. The molecule has 0 aromatic rings. The zero-order chi connectivity index (χ0) is 8.57. The Kier molecular flexibility index (Phi) is 31.2. The second-order valence-corrected chi connectivity index (χ2v) is 1.87. The Morgan fingerprint density at radius 3 is 1.50 bits per heavy atom. The van der Waals surface area contributed by atoms with Gasteiger partial charge in [0.05, 0.1) is 0 Å². The van der Waals surface area contributed by atoms with E-state index >= 15 is 0 Å². The smallest absolute Gasteiger partial charge is 0.0395 e. The predicted octanol–water partition coefficient (Wildman–Crippen LogP) is 4.99. The minimum absolute atomic E-state index is 0. The summed E-state index contributed by atoms with van der Waals surface area (Å²) >= 11 is 0. The molecule has 0 spiro atoms. The molecular weight excluding hydrogens is 144 g/mol. The van der Waals surface area contributed by atoms with Crippen LogP contribution in [0.4, 0.5) is 0 Å². The molecule has 0 radical (unpaired) electrons. The van der Waals surface area contributed by atoms with Crippen molar-refractivity contribution in [2.75, 3.05) is 0 Å². The zero-order valence-corrected chi connectivity index (χ0v) is 7.57. The van der Waals surface area contributed by atoms with E-state index in [1.54, 1.807) is 6.08 Å². The summed E-state index contributed by atoms with van der Waals surface area (Å²) in [4.78, 5) is 0. The monoisotopic (exact) mass is 170 g/mol. The minimum Gasteiger partial charge on any atom is -0.0991 e. The topological polar surface area (TPSA) is 0 Å². The molecule has 0 aromatic heterocycles. The second kappa shape index (κ2) is 16.7. The van der Waals surface area contributed by atoms with Crippen molar-refractivity contribution in [1.29, 1.82) is 0 Å². The molecule has 0 N–H and O–H groups in total. The van der Waals surface area contributed by atoms with Crippen LogP contribution in [0.1, 0.15) is 42.5 Å².